The SMILES string of the molecule is COc1ccc2cc(CN(CCCO)C(=S)NCC(C)C)c(=O)[nH]c2c1. The quantitative estimate of drug-likeness (QED) is 0.613. The van der Waals surface area contributed by atoms with Crippen LogP contribution in [0, 0.1) is 5.92 Å². The van der Waals surface area contributed by atoms with Crippen LogP contribution in [0.3, 0.4) is 0 Å². The highest BCUT2D eigenvalue weighted by molar-refractivity contribution is 7.80. The topological polar surface area (TPSA) is 77.6 Å². The summed E-state index contributed by atoms with van der Waals surface area (Å²) in [5, 5.41) is 13.9. The van der Waals surface area contributed by atoms with E-state index in [0.717, 1.165) is 17.4 Å². The fourth-order valence-corrected chi connectivity index (χ4v) is 2.83. The number of aliphatic hydroxyl groups is 1. The molecule has 0 fully saturated rings. The van der Waals surface area contributed by atoms with Crippen LogP contribution in [0.1, 0.15) is 25.8 Å². The molecule has 0 atom stereocenters. The van der Waals surface area contributed by atoms with Gasteiger partial charge in [-0.25, -0.2) is 0 Å². The van der Waals surface area contributed by atoms with Gasteiger partial charge in [0.2, 0.25) is 0 Å². The monoisotopic (exact) mass is 377 g/mol. The van der Waals surface area contributed by atoms with Crippen LogP contribution in [0.25, 0.3) is 10.9 Å². The maximum absolute atomic E-state index is 12.5. The number of hydrogen-bond acceptors (Lipinski definition) is 4. The average Bonchev–Trinajstić information content (AvgIpc) is 2.62. The van der Waals surface area contributed by atoms with Crippen LogP contribution in [-0.2, 0) is 6.54 Å². The van der Waals surface area contributed by atoms with Crippen molar-refractivity contribution in [2.24, 2.45) is 5.92 Å². The molecule has 26 heavy (non-hydrogen) atoms. The van der Waals surface area contributed by atoms with Gasteiger partial charge in [0.05, 0.1) is 19.2 Å². The van der Waals surface area contributed by atoms with Crippen LogP contribution in [0.4, 0.5) is 0 Å². The van der Waals surface area contributed by atoms with E-state index in [4.69, 9.17) is 22.1 Å². The van der Waals surface area contributed by atoms with Crippen molar-refractivity contribution in [3.05, 3.63) is 40.2 Å². The average molecular weight is 378 g/mol. The first kappa shape index (κ1) is 20.2. The fraction of sp³-hybridized carbons (Fsp3) is 0.474. The molecule has 0 spiro atoms. The number of ether oxygens (including phenoxy) is 1. The molecule has 0 aliphatic rings. The number of thiocarbonyl (C=S) groups is 1. The largest absolute Gasteiger partial charge is 0.497 e. The molecule has 142 valence electrons. The number of aromatic nitrogens is 1. The Morgan fingerprint density at radius 1 is 1.38 bits per heavy atom. The molecule has 0 unspecified atom stereocenters. The molecule has 2 rings (SSSR count). The predicted molar refractivity (Wildman–Crippen MR) is 109 cm³/mol. The molecular formula is C19H27N3O3S. The molecule has 7 heteroatoms. The summed E-state index contributed by atoms with van der Waals surface area (Å²) in [4.78, 5) is 17.3. The number of nitrogens with zero attached hydrogens (tertiary/aromatic N) is 1. The number of nitrogens with one attached hydrogen (secondary N) is 2. The van der Waals surface area contributed by atoms with Crippen LogP contribution in [0.5, 0.6) is 5.75 Å². The van der Waals surface area contributed by atoms with E-state index in [0.29, 0.717) is 41.9 Å². The lowest BCUT2D eigenvalue weighted by atomic mass is 10.1. The second-order valence-electron chi connectivity index (χ2n) is 6.66. The van der Waals surface area contributed by atoms with Crippen LogP contribution in [0.15, 0.2) is 29.1 Å². The maximum atomic E-state index is 12.5. The third kappa shape index (κ3) is 5.44. The predicted octanol–water partition coefficient (Wildman–Crippen LogP) is 2.25. The van der Waals surface area contributed by atoms with Gasteiger partial charge < -0.3 is 25.0 Å². The summed E-state index contributed by atoms with van der Waals surface area (Å²) in [6, 6.07) is 7.47. The highest BCUT2D eigenvalue weighted by atomic mass is 32.1. The molecule has 2 aromatic rings. The third-order valence-corrected chi connectivity index (χ3v) is 4.43. The lowest BCUT2D eigenvalue weighted by Gasteiger charge is -2.26. The number of hydrogen-bond donors (Lipinski definition) is 3. The van der Waals surface area contributed by atoms with Crippen LogP contribution in [-0.4, -0.2) is 46.9 Å². The second kappa shape index (κ2) is 9.54. The zero-order valence-electron chi connectivity index (χ0n) is 15.5. The Balaban J connectivity index is 2.24. The normalized spacial score (nSPS) is 11.0. The van der Waals surface area contributed by atoms with Crippen LogP contribution >= 0.6 is 12.2 Å². The van der Waals surface area contributed by atoms with Gasteiger partial charge in [-0.3, -0.25) is 4.79 Å². The summed E-state index contributed by atoms with van der Waals surface area (Å²) in [7, 11) is 1.60. The molecular weight excluding hydrogens is 350 g/mol. The summed E-state index contributed by atoms with van der Waals surface area (Å²) in [5.41, 5.74) is 1.22. The van der Waals surface area contributed by atoms with Gasteiger partial charge in [-0.1, -0.05) is 13.8 Å². The molecule has 0 bridgehead atoms. The Morgan fingerprint density at radius 2 is 2.15 bits per heavy atom. The van der Waals surface area contributed by atoms with Crippen molar-refractivity contribution in [3.8, 4) is 5.75 Å². The number of aliphatic hydroxyl groups excluding tert-OH is 1. The summed E-state index contributed by atoms with van der Waals surface area (Å²) < 4.78 is 5.20. The first-order valence-corrected chi connectivity index (χ1v) is 9.19. The highest BCUT2D eigenvalue weighted by Crippen LogP contribution is 2.19. The number of methoxy groups -OCH3 is 1. The minimum atomic E-state index is -0.147. The second-order valence-corrected chi connectivity index (χ2v) is 7.04. The molecule has 0 amide bonds. The van der Waals surface area contributed by atoms with Crippen LogP contribution in [0.2, 0.25) is 0 Å². The van der Waals surface area contributed by atoms with Crippen molar-refractivity contribution in [1.82, 2.24) is 15.2 Å². The van der Waals surface area contributed by atoms with Crippen molar-refractivity contribution >= 4 is 28.2 Å². The highest BCUT2D eigenvalue weighted by Gasteiger charge is 2.13. The van der Waals surface area contributed by atoms with Crippen molar-refractivity contribution in [2.75, 3.05) is 26.8 Å². The molecule has 0 saturated carbocycles. The van der Waals surface area contributed by atoms with Crippen molar-refractivity contribution in [1.29, 1.82) is 0 Å². The van der Waals surface area contributed by atoms with E-state index in [1.165, 1.54) is 0 Å². The molecule has 0 aliphatic heterocycles. The Kier molecular flexibility index (Phi) is 7.41. The van der Waals surface area contributed by atoms with E-state index < -0.39 is 0 Å². The number of fused-ring (bicyclic) bond motifs is 1. The van der Waals surface area contributed by atoms with Gasteiger partial charge >= 0.3 is 0 Å². The van der Waals surface area contributed by atoms with E-state index in [1.807, 2.05) is 23.1 Å². The molecule has 0 radical (unpaired) electrons. The van der Waals surface area contributed by atoms with E-state index in [9.17, 15) is 4.79 Å². The summed E-state index contributed by atoms with van der Waals surface area (Å²) in [5.74, 6) is 1.16. The third-order valence-electron chi connectivity index (χ3n) is 4.03. The summed E-state index contributed by atoms with van der Waals surface area (Å²) >= 11 is 5.48. The first-order valence-electron chi connectivity index (χ1n) is 8.78. The van der Waals surface area contributed by atoms with Gasteiger partial charge in [-0.15, -0.1) is 0 Å². The standard InChI is InChI=1S/C19H27N3O3S/c1-13(2)11-20-19(26)22(7-4-8-23)12-15-9-14-5-6-16(25-3)10-17(14)21-18(15)24/h5-6,9-10,13,23H,4,7-8,11-12H2,1-3H3,(H,20,26)(H,21,24). The van der Waals surface area contributed by atoms with E-state index in [2.05, 4.69) is 24.1 Å². The Hall–Kier alpha value is -2.12. The lowest BCUT2D eigenvalue weighted by Crippen LogP contribution is -2.42. The molecule has 3 N–H and O–H groups in total. The summed E-state index contributed by atoms with van der Waals surface area (Å²) in [6.45, 7) is 6.03. The number of pyridine rings is 1. The zero-order valence-corrected chi connectivity index (χ0v) is 16.4. The molecule has 0 saturated heterocycles. The molecule has 6 nitrogen and oxygen atoms in total. The number of rotatable bonds is 8. The number of benzene rings is 1. The van der Waals surface area contributed by atoms with Crippen molar-refractivity contribution < 1.29 is 9.84 Å². The Labute approximate surface area is 159 Å². The van der Waals surface area contributed by atoms with Crippen LogP contribution < -0.4 is 15.6 Å². The van der Waals surface area contributed by atoms with Gasteiger partial charge in [0.25, 0.3) is 5.56 Å². The van der Waals surface area contributed by atoms with E-state index in [1.54, 1.807) is 13.2 Å². The van der Waals surface area contributed by atoms with Gasteiger partial charge in [0.1, 0.15) is 5.75 Å². The maximum Gasteiger partial charge on any atom is 0.253 e. The van der Waals surface area contributed by atoms with Crippen molar-refractivity contribution in [2.45, 2.75) is 26.8 Å². The van der Waals surface area contributed by atoms with E-state index in [-0.39, 0.29) is 12.2 Å². The molecule has 0 aliphatic carbocycles. The Bertz CT molecular complexity index is 804. The van der Waals surface area contributed by atoms with Gasteiger partial charge in [0.15, 0.2) is 5.11 Å². The van der Waals surface area contributed by atoms with Crippen molar-refractivity contribution in [3.63, 3.8) is 0 Å². The van der Waals surface area contributed by atoms with Gasteiger partial charge in [0, 0.05) is 31.3 Å². The first-order chi connectivity index (χ1) is 12.4. The zero-order chi connectivity index (χ0) is 19.1. The Morgan fingerprint density at radius 3 is 2.81 bits per heavy atom. The minimum Gasteiger partial charge on any atom is -0.497 e. The number of aromatic amines is 1. The minimum absolute atomic E-state index is 0.0805. The fourth-order valence-electron chi connectivity index (χ4n) is 2.59. The summed E-state index contributed by atoms with van der Waals surface area (Å²) in [6.07, 6.45) is 0.589. The van der Waals surface area contributed by atoms with Gasteiger partial charge in [-0.2, -0.15) is 0 Å². The van der Waals surface area contributed by atoms with Gasteiger partial charge in [-0.05, 0) is 48.1 Å². The number of H-pyrrole nitrogens is 1. The van der Waals surface area contributed by atoms with E-state index >= 15 is 0 Å². The molecule has 1 aromatic carbocycles. The molecule has 1 aromatic heterocycles. The lowest BCUT2D eigenvalue weighted by molar-refractivity contribution is 0.264. The molecule has 1 heterocycles. The smallest absolute Gasteiger partial charge is 0.253 e.